The van der Waals surface area contributed by atoms with Gasteiger partial charge in [-0.3, -0.25) is 14.3 Å². The van der Waals surface area contributed by atoms with Crippen molar-refractivity contribution in [1.82, 2.24) is 20.4 Å². The van der Waals surface area contributed by atoms with Gasteiger partial charge in [-0.05, 0) is 87.0 Å². The topological polar surface area (TPSA) is 116 Å². The molecule has 1 unspecified atom stereocenters. The first-order chi connectivity index (χ1) is 21.7. The molecule has 12 heteroatoms. The first kappa shape index (κ1) is 33.0. The van der Waals surface area contributed by atoms with Gasteiger partial charge in [0.05, 0.1) is 29.9 Å². The zero-order chi connectivity index (χ0) is 33.0. The summed E-state index contributed by atoms with van der Waals surface area (Å²) in [5.74, 6) is 0.391. The second kappa shape index (κ2) is 12.3. The maximum Gasteiger partial charge on any atom is 0.481 e. The Bertz CT molecular complexity index is 1510. The van der Waals surface area contributed by atoms with E-state index >= 15 is 0 Å². The van der Waals surface area contributed by atoms with Crippen LogP contribution in [0.2, 0.25) is 5.02 Å². The fraction of sp³-hybridized carbons (Fsp3) is 0.647. The minimum atomic E-state index is -1.33. The average Bonchev–Trinajstić information content (AvgIpc) is 3.72. The fourth-order valence-corrected chi connectivity index (χ4v) is 8.42. The lowest BCUT2D eigenvalue weighted by Gasteiger charge is -2.64. The van der Waals surface area contributed by atoms with E-state index < -0.39 is 12.7 Å². The van der Waals surface area contributed by atoms with Gasteiger partial charge in [0, 0.05) is 30.1 Å². The summed E-state index contributed by atoms with van der Waals surface area (Å²) in [5, 5.41) is 15.4. The smallest absolute Gasteiger partial charge is 0.404 e. The van der Waals surface area contributed by atoms with Crippen LogP contribution in [0.5, 0.6) is 0 Å². The Morgan fingerprint density at radius 3 is 2.63 bits per heavy atom. The number of carbonyl (C=O) groups is 2. The van der Waals surface area contributed by atoms with Crippen molar-refractivity contribution in [2.75, 3.05) is 6.54 Å². The van der Waals surface area contributed by atoms with Crippen LogP contribution < -0.4 is 10.6 Å². The molecule has 1 aromatic carbocycles. The Labute approximate surface area is 277 Å². The van der Waals surface area contributed by atoms with Crippen LogP contribution in [0.3, 0.4) is 0 Å². The lowest BCUT2D eigenvalue weighted by atomic mass is 9.43. The van der Waals surface area contributed by atoms with Crippen LogP contribution in [0.1, 0.15) is 96.2 Å². The molecule has 2 N–H and O–H groups in total. The predicted octanol–water partition coefficient (Wildman–Crippen LogP) is 5.40. The van der Waals surface area contributed by atoms with Gasteiger partial charge in [-0.2, -0.15) is 5.10 Å². The summed E-state index contributed by atoms with van der Waals surface area (Å²) in [6, 6.07) is 9.13. The summed E-state index contributed by atoms with van der Waals surface area (Å²) in [7, 11) is -0.563. The van der Waals surface area contributed by atoms with E-state index in [2.05, 4.69) is 55.5 Å². The molecule has 46 heavy (non-hydrogen) atoms. The molecule has 0 spiro atoms. The normalized spacial score (nSPS) is 30.0. The van der Waals surface area contributed by atoms with Crippen LogP contribution in [0, 0.1) is 23.2 Å². The average molecular weight is 652 g/mol. The lowest BCUT2D eigenvalue weighted by molar-refractivity contribution is -0.199. The number of hydrogen-bond acceptors (Lipinski definition) is 7. The molecule has 4 fully saturated rings. The van der Waals surface area contributed by atoms with Crippen LogP contribution in [0.15, 0.2) is 41.7 Å². The van der Waals surface area contributed by atoms with Gasteiger partial charge in [-0.25, -0.2) is 0 Å². The summed E-state index contributed by atoms with van der Waals surface area (Å²) in [4.78, 5) is 33.5. The Morgan fingerprint density at radius 2 is 1.93 bits per heavy atom. The first-order valence-corrected chi connectivity index (χ1v) is 17.0. The lowest BCUT2D eigenvalue weighted by Crippen LogP contribution is -2.65. The van der Waals surface area contributed by atoms with E-state index in [4.69, 9.17) is 25.7 Å². The number of halogens is 1. The number of nitrogens with one attached hydrogen (secondary N) is 2. The molecule has 10 nitrogen and oxygen atoms in total. The molecule has 5 aliphatic rings. The molecular formula is C34H47BClN5O5. The molecule has 6 atom stereocenters. The number of carbonyl (C=O) groups excluding carboxylic acids is 2. The predicted molar refractivity (Wildman–Crippen MR) is 177 cm³/mol. The van der Waals surface area contributed by atoms with Crippen LogP contribution in [0.4, 0.5) is 0 Å². The van der Waals surface area contributed by atoms with Gasteiger partial charge < -0.3 is 24.8 Å². The molecule has 2 amide bonds. The Kier molecular flexibility index (Phi) is 8.82. The highest BCUT2D eigenvalue weighted by Gasteiger charge is 2.68. The number of amides is 2. The van der Waals surface area contributed by atoms with Gasteiger partial charge in [-0.1, -0.05) is 56.6 Å². The summed E-state index contributed by atoms with van der Waals surface area (Å²) < 4.78 is 15.1. The molecule has 1 saturated heterocycles. The minimum Gasteiger partial charge on any atom is -0.404 e. The van der Waals surface area contributed by atoms with Crippen LogP contribution in [0.25, 0.3) is 0 Å². The second-order valence-electron chi connectivity index (χ2n) is 15.2. The third kappa shape index (κ3) is 5.99. The van der Waals surface area contributed by atoms with E-state index in [0.29, 0.717) is 34.7 Å². The number of benzene rings is 1. The third-order valence-corrected chi connectivity index (χ3v) is 11.1. The molecule has 2 aliphatic heterocycles. The van der Waals surface area contributed by atoms with E-state index in [1.165, 1.54) is 0 Å². The van der Waals surface area contributed by atoms with Crippen molar-refractivity contribution in [1.29, 1.82) is 0 Å². The van der Waals surface area contributed by atoms with Crippen molar-refractivity contribution in [3.63, 3.8) is 0 Å². The summed E-state index contributed by atoms with van der Waals surface area (Å²) >= 11 is 6.33. The third-order valence-electron chi connectivity index (χ3n) is 10.8. The Hall–Kier alpha value is -2.89. The second-order valence-corrected chi connectivity index (χ2v) is 15.6. The van der Waals surface area contributed by atoms with E-state index in [0.717, 1.165) is 18.4 Å². The molecule has 3 saturated carbocycles. The Balaban J connectivity index is 1.19. The van der Waals surface area contributed by atoms with Crippen molar-refractivity contribution < 1.29 is 23.7 Å². The SMILES string of the molecule is CC(C)C[C@H](NC(=O)C1(Cc2cccc(Cl)c2)CC(CNC(=O)c2ccnn2C(C)C)=NO1)B1O[C@@H]2C[C@@H]3C[C@@H](C3(C)C)[C@]2(C)O1. The standard InChI is InChI=1S/C34H47BClN5O5/c1-20(2)13-29(35-44-28-16-23-15-27(32(23,5)6)33(28,7)45-35)39-31(43)34(17-22-9-8-10-24(36)14-22)18-25(40-46-34)19-37-30(42)26-11-12-38-41(26)21(3)4/h8-12,14,20-21,23,27-29H,13,15-19H2,1-7H3,(H,37,42)(H,39,43)/t23-,27-,28+,29-,33-,34?/m0/s1. The van der Waals surface area contributed by atoms with Crippen LogP contribution in [-0.2, 0) is 25.4 Å². The van der Waals surface area contributed by atoms with Crippen molar-refractivity contribution in [2.24, 2.45) is 28.3 Å². The quantitative estimate of drug-likeness (QED) is 0.314. The van der Waals surface area contributed by atoms with E-state index in [1.54, 1.807) is 23.0 Å². The van der Waals surface area contributed by atoms with Gasteiger partial charge in [-0.15, -0.1) is 0 Å². The van der Waals surface area contributed by atoms with Crippen LogP contribution >= 0.6 is 11.6 Å². The molecular weight excluding hydrogens is 605 g/mol. The number of rotatable bonds is 11. The summed E-state index contributed by atoms with van der Waals surface area (Å²) in [6.07, 6.45) is 4.88. The zero-order valence-corrected chi connectivity index (χ0v) is 28.8. The largest absolute Gasteiger partial charge is 0.481 e. The van der Waals surface area contributed by atoms with Gasteiger partial charge in [0.15, 0.2) is 0 Å². The zero-order valence-electron chi connectivity index (χ0n) is 28.0. The number of hydrogen-bond donors (Lipinski definition) is 2. The van der Waals surface area contributed by atoms with E-state index in [9.17, 15) is 9.59 Å². The van der Waals surface area contributed by atoms with E-state index in [1.807, 2.05) is 32.0 Å². The monoisotopic (exact) mass is 651 g/mol. The molecule has 7 rings (SSSR count). The van der Waals surface area contributed by atoms with Crippen molar-refractivity contribution in [2.45, 2.75) is 110 Å². The highest BCUT2D eigenvalue weighted by Crippen LogP contribution is 2.65. The summed E-state index contributed by atoms with van der Waals surface area (Å²) in [6.45, 7) is 15.2. The first-order valence-electron chi connectivity index (χ1n) is 16.7. The molecule has 2 aromatic rings. The molecule has 1 aromatic heterocycles. The highest BCUT2D eigenvalue weighted by molar-refractivity contribution is 6.48. The van der Waals surface area contributed by atoms with Gasteiger partial charge in [0.1, 0.15) is 5.69 Å². The van der Waals surface area contributed by atoms with Gasteiger partial charge in [0.2, 0.25) is 5.60 Å². The van der Waals surface area contributed by atoms with E-state index in [-0.39, 0.29) is 66.2 Å². The van der Waals surface area contributed by atoms with Gasteiger partial charge in [0.25, 0.3) is 11.8 Å². The van der Waals surface area contributed by atoms with Crippen molar-refractivity contribution in [3.05, 3.63) is 52.8 Å². The fourth-order valence-electron chi connectivity index (χ4n) is 8.21. The number of oxime groups is 1. The number of nitrogens with zero attached hydrogens (tertiary/aromatic N) is 3. The van der Waals surface area contributed by atoms with Crippen LogP contribution in [-0.4, -0.2) is 64.2 Å². The molecule has 248 valence electrons. The Morgan fingerprint density at radius 1 is 1.15 bits per heavy atom. The maximum atomic E-state index is 14.4. The molecule has 2 bridgehead atoms. The molecule has 3 heterocycles. The van der Waals surface area contributed by atoms with Gasteiger partial charge >= 0.3 is 7.12 Å². The molecule has 0 radical (unpaired) electrons. The number of aromatic nitrogens is 2. The maximum absolute atomic E-state index is 14.4. The van der Waals surface area contributed by atoms with Crippen molar-refractivity contribution in [3.8, 4) is 0 Å². The highest BCUT2D eigenvalue weighted by atomic mass is 35.5. The summed E-state index contributed by atoms with van der Waals surface area (Å²) in [5.41, 5.74) is 0.370. The minimum absolute atomic E-state index is 0.00883. The molecule has 3 aliphatic carbocycles. The van der Waals surface area contributed by atoms with Crippen molar-refractivity contribution >= 4 is 36.2 Å².